The Morgan fingerprint density at radius 1 is 1.12 bits per heavy atom. The van der Waals surface area contributed by atoms with Gasteiger partial charge < -0.3 is 14.8 Å². The average Bonchev–Trinajstić information content (AvgIpc) is 2.59. The Morgan fingerprint density at radius 2 is 1.81 bits per heavy atom. The molecule has 0 aliphatic rings. The average molecular weight is 385 g/mol. The van der Waals surface area contributed by atoms with Gasteiger partial charge in [0, 0.05) is 22.2 Å². The number of methoxy groups -OCH3 is 1. The number of thioether (sulfide) groups is 1. The second kappa shape index (κ2) is 8.61. The third kappa shape index (κ3) is 6.32. The molecule has 5 nitrogen and oxygen atoms in total. The van der Waals surface area contributed by atoms with Gasteiger partial charge in [-0.25, -0.2) is 4.79 Å². The summed E-state index contributed by atoms with van der Waals surface area (Å²) in [5, 5.41) is 2.60. The van der Waals surface area contributed by atoms with Gasteiger partial charge in [-0.1, -0.05) is 6.07 Å². The summed E-state index contributed by atoms with van der Waals surface area (Å²) in [5.74, 6) is -0.681. The van der Waals surface area contributed by atoms with Crippen molar-refractivity contribution >= 4 is 29.3 Å². The Hall–Kier alpha value is -2.68. The van der Waals surface area contributed by atoms with Crippen molar-refractivity contribution in [3.63, 3.8) is 0 Å². The number of esters is 1. The van der Waals surface area contributed by atoms with Gasteiger partial charge in [0.05, 0.1) is 7.11 Å². The number of hydrogen-bond acceptors (Lipinski definition) is 5. The molecule has 0 atom stereocenters. The van der Waals surface area contributed by atoms with Gasteiger partial charge in [-0.15, -0.1) is 0 Å². The van der Waals surface area contributed by atoms with E-state index < -0.39 is 17.4 Å². The summed E-state index contributed by atoms with van der Waals surface area (Å²) in [7, 11) is 1.24. The third-order valence-corrected chi connectivity index (χ3v) is 3.77. The van der Waals surface area contributed by atoms with Crippen LogP contribution in [0.2, 0.25) is 0 Å². The van der Waals surface area contributed by atoms with Crippen molar-refractivity contribution in [2.45, 2.75) is 10.4 Å². The van der Waals surface area contributed by atoms with E-state index >= 15 is 0 Å². The molecule has 0 heterocycles. The van der Waals surface area contributed by atoms with Gasteiger partial charge >= 0.3 is 11.5 Å². The molecule has 0 spiro atoms. The summed E-state index contributed by atoms with van der Waals surface area (Å²) in [5.41, 5.74) is -3.77. The fraction of sp³-hybridized carbons (Fsp3) is 0.176. The molecule has 0 aromatic heterocycles. The first-order valence-corrected chi connectivity index (χ1v) is 8.05. The quantitative estimate of drug-likeness (QED) is 0.599. The molecule has 1 amide bonds. The fourth-order valence-electron chi connectivity index (χ4n) is 1.88. The summed E-state index contributed by atoms with van der Waals surface area (Å²) < 4.78 is 46.6. The minimum absolute atomic E-state index is 0.00717. The van der Waals surface area contributed by atoms with Crippen molar-refractivity contribution in [1.29, 1.82) is 0 Å². The van der Waals surface area contributed by atoms with Crippen molar-refractivity contribution in [2.75, 3.05) is 19.0 Å². The Kier molecular flexibility index (Phi) is 6.51. The number of halogens is 3. The molecule has 0 radical (unpaired) electrons. The van der Waals surface area contributed by atoms with E-state index in [9.17, 15) is 22.8 Å². The predicted molar refractivity (Wildman–Crippen MR) is 90.3 cm³/mol. The number of rotatable bonds is 6. The molecule has 0 fully saturated rings. The van der Waals surface area contributed by atoms with E-state index in [4.69, 9.17) is 4.74 Å². The van der Waals surface area contributed by atoms with Crippen molar-refractivity contribution in [3.05, 3.63) is 54.1 Å². The second-order valence-electron chi connectivity index (χ2n) is 4.92. The number of amides is 1. The van der Waals surface area contributed by atoms with Gasteiger partial charge in [0.15, 0.2) is 6.61 Å². The van der Waals surface area contributed by atoms with Crippen LogP contribution in [0.25, 0.3) is 0 Å². The van der Waals surface area contributed by atoms with E-state index in [1.807, 2.05) is 0 Å². The second-order valence-corrected chi connectivity index (χ2v) is 6.06. The number of ether oxygens (including phenoxy) is 2. The van der Waals surface area contributed by atoms with Crippen LogP contribution in [0.5, 0.6) is 5.75 Å². The lowest BCUT2D eigenvalue weighted by Gasteiger charge is -2.09. The maximum absolute atomic E-state index is 12.3. The monoisotopic (exact) mass is 385 g/mol. The van der Waals surface area contributed by atoms with E-state index in [0.717, 1.165) is 0 Å². The van der Waals surface area contributed by atoms with Crippen LogP contribution in [0, 0.1) is 0 Å². The van der Waals surface area contributed by atoms with Crippen LogP contribution in [0.3, 0.4) is 0 Å². The molecule has 1 N–H and O–H groups in total. The zero-order valence-corrected chi connectivity index (χ0v) is 14.3. The van der Waals surface area contributed by atoms with Crippen molar-refractivity contribution in [2.24, 2.45) is 0 Å². The third-order valence-electron chi connectivity index (χ3n) is 3.03. The number of carbonyl (C=O) groups excluding carboxylic acids is 2. The van der Waals surface area contributed by atoms with Crippen LogP contribution in [0.1, 0.15) is 10.4 Å². The number of benzene rings is 2. The topological polar surface area (TPSA) is 64.6 Å². The smallest absolute Gasteiger partial charge is 0.446 e. The zero-order chi connectivity index (χ0) is 19.2. The normalized spacial score (nSPS) is 10.9. The van der Waals surface area contributed by atoms with Crippen molar-refractivity contribution in [1.82, 2.24) is 0 Å². The van der Waals surface area contributed by atoms with E-state index in [1.54, 1.807) is 18.2 Å². The fourth-order valence-corrected chi connectivity index (χ4v) is 2.42. The Morgan fingerprint density at radius 3 is 2.42 bits per heavy atom. The molecule has 0 bridgehead atoms. The molecule has 138 valence electrons. The van der Waals surface area contributed by atoms with Gasteiger partial charge in [-0.05, 0) is 48.2 Å². The lowest BCUT2D eigenvalue weighted by atomic mass is 10.2. The van der Waals surface area contributed by atoms with Gasteiger partial charge in [-0.2, -0.15) is 13.2 Å². The summed E-state index contributed by atoms with van der Waals surface area (Å²) >= 11 is -0.249. The van der Waals surface area contributed by atoms with Gasteiger partial charge in [0.25, 0.3) is 5.91 Å². The van der Waals surface area contributed by atoms with E-state index in [2.05, 4.69) is 10.1 Å². The molecule has 26 heavy (non-hydrogen) atoms. The van der Waals surface area contributed by atoms with Crippen molar-refractivity contribution in [3.8, 4) is 5.75 Å². The summed E-state index contributed by atoms with van der Waals surface area (Å²) in [6, 6.07) is 11.4. The van der Waals surface area contributed by atoms with Crippen LogP contribution in [0.15, 0.2) is 53.4 Å². The molecule has 0 aliphatic heterocycles. The van der Waals surface area contributed by atoms with Gasteiger partial charge in [-0.3, -0.25) is 4.79 Å². The minimum Gasteiger partial charge on any atom is -0.482 e. The van der Waals surface area contributed by atoms with Gasteiger partial charge in [0.1, 0.15) is 5.75 Å². The Bertz CT molecular complexity index is 778. The van der Waals surface area contributed by atoms with Crippen LogP contribution >= 0.6 is 11.8 Å². The zero-order valence-electron chi connectivity index (χ0n) is 13.5. The SMILES string of the molecule is COC(=O)COc1cccc(NC(=O)c2ccc(SC(F)(F)F)cc2)c1. The van der Waals surface area contributed by atoms with Gasteiger partial charge in [0.2, 0.25) is 0 Å². The molecular weight excluding hydrogens is 371 g/mol. The Balaban J connectivity index is 2.00. The predicted octanol–water partition coefficient (Wildman–Crippen LogP) is 4.10. The first-order chi connectivity index (χ1) is 12.3. The number of anilines is 1. The number of alkyl halides is 3. The molecule has 0 aliphatic carbocycles. The number of nitrogens with one attached hydrogen (secondary N) is 1. The molecular formula is C17H14F3NO4S. The van der Waals surface area contributed by atoms with E-state index in [-0.39, 0.29) is 28.8 Å². The lowest BCUT2D eigenvalue weighted by Crippen LogP contribution is -2.13. The highest BCUT2D eigenvalue weighted by Gasteiger charge is 2.29. The Labute approximate surface area is 151 Å². The first-order valence-electron chi connectivity index (χ1n) is 7.23. The minimum atomic E-state index is -4.38. The number of carbonyl (C=O) groups is 2. The highest BCUT2D eigenvalue weighted by Crippen LogP contribution is 2.36. The summed E-state index contributed by atoms with van der Waals surface area (Å²) in [6.45, 7) is -0.272. The standard InChI is InChI=1S/C17H14F3NO4S/c1-24-15(22)10-25-13-4-2-3-12(9-13)21-16(23)11-5-7-14(8-6-11)26-17(18,19)20/h2-9H,10H2,1H3,(H,21,23). The highest BCUT2D eigenvalue weighted by molar-refractivity contribution is 8.00. The van der Waals surface area contributed by atoms with Crippen LogP contribution < -0.4 is 10.1 Å². The molecule has 0 unspecified atom stereocenters. The maximum Gasteiger partial charge on any atom is 0.446 e. The molecule has 2 aromatic rings. The summed E-state index contributed by atoms with van der Waals surface area (Å²) in [4.78, 5) is 23.2. The van der Waals surface area contributed by atoms with E-state index in [1.165, 1.54) is 37.4 Å². The molecule has 2 rings (SSSR count). The van der Waals surface area contributed by atoms with Crippen molar-refractivity contribution < 1.29 is 32.2 Å². The summed E-state index contributed by atoms with van der Waals surface area (Å²) in [6.07, 6.45) is 0. The van der Waals surface area contributed by atoms with Crippen LogP contribution in [-0.2, 0) is 9.53 Å². The molecule has 0 saturated heterocycles. The molecule has 9 heteroatoms. The highest BCUT2D eigenvalue weighted by atomic mass is 32.2. The number of hydrogen-bond donors (Lipinski definition) is 1. The van der Waals surface area contributed by atoms with Crippen LogP contribution in [0.4, 0.5) is 18.9 Å². The molecule has 2 aromatic carbocycles. The largest absolute Gasteiger partial charge is 0.482 e. The van der Waals surface area contributed by atoms with E-state index in [0.29, 0.717) is 11.4 Å². The van der Waals surface area contributed by atoms with Crippen LogP contribution in [-0.4, -0.2) is 31.1 Å². The lowest BCUT2D eigenvalue weighted by molar-refractivity contribution is -0.142. The maximum atomic E-state index is 12.3. The molecule has 0 saturated carbocycles. The first kappa shape index (κ1) is 19.6.